The van der Waals surface area contributed by atoms with Crippen LogP contribution in [-0.4, -0.2) is 7.11 Å². The SMILES string of the molecule is COc1ccc2cc(C(Br)c3csc(Br)c3)ccc2c1. The van der Waals surface area contributed by atoms with Gasteiger partial charge in [0.15, 0.2) is 0 Å². The predicted octanol–water partition coefficient (Wildman–Crippen LogP) is 6.16. The normalized spacial score (nSPS) is 12.6. The van der Waals surface area contributed by atoms with E-state index < -0.39 is 0 Å². The summed E-state index contributed by atoms with van der Waals surface area (Å²) in [6.45, 7) is 0. The van der Waals surface area contributed by atoms with Crippen LogP contribution in [0, 0.1) is 0 Å². The molecule has 1 unspecified atom stereocenters. The Morgan fingerprint density at radius 1 is 1.00 bits per heavy atom. The predicted molar refractivity (Wildman–Crippen MR) is 93.3 cm³/mol. The zero-order valence-corrected chi connectivity index (χ0v) is 14.8. The molecule has 0 saturated heterocycles. The highest BCUT2D eigenvalue weighted by Crippen LogP contribution is 2.36. The zero-order chi connectivity index (χ0) is 14.1. The highest BCUT2D eigenvalue weighted by atomic mass is 79.9. The molecule has 4 heteroatoms. The Hall–Kier alpha value is -0.840. The van der Waals surface area contributed by atoms with Gasteiger partial charge in [-0.2, -0.15) is 0 Å². The first-order valence-corrected chi connectivity index (χ1v) is 8.72. The molecule has 0 aliphatic rings. The first kappa shape index (κ1) is 14.1. The third-order valence-electron chi connectivity index (χ3n) is 3.24. The number of alkyl halides is 1. The smallest absolute Gasteiger partial charge is 0.119 e. The molecule has 1 heterocycles. The topological polar surface area (TPSA) is 9.23 Å². The Morgan fingerprint density at radius 2 is 1.75 bits per heavy atom. The minimum absolute atomic E-state index is 0.219. The van der Waals surface area contributed by atoms with Crippen molar-refractivity contribution in [1.29, 1.82) is 0 Å². The fourth-order valence-corrected chi connectivity index (χ4v) is 4.10. The number of ether oxygens (including phenoxy) is 1. The summed E-state index contributed by atoms with van der Waals surface area (Å²) in [5.74, 6) is 0.891. The average Bonchev–Trinajstić information content (AvgIpc) is 2.92. The van der Waals surface area contributed by atoms with Gasteiger partial charge in [0.1, 0.15) is 5.75 Å². The van der Waals surface area contributed by atoms with Gasteiger partial charge in [-0.15, -0.1) is 11.3 Å². The molecule has 3 aromatic rings. The minimum atomic E-state index is 0.219. The summed E-state index contributed by atoms with van der Waals surface area (Å²) in [5.41, 5.74) is 2.53. The first-order chi connectivity index (χ1) is 9.67. The Bertz CT molecular complexity index is 751. The summed E-state index contributed by atoms with van der Waals surface area (Å²) in [4.78, 5) is 0.219. The second-order valence-corrected chi connectivity index (χ2v) is 7.73. The maximum Gasteiger partial charge on any atom is 0.119 e. The molecule has 102 valence electrons. The van der Waals surface area contributed by atoms with Gasteiger partial charge in [-0.05, 0) is 67.5 Å². The maximum absolute atomic E-state index is 5.26. The minimum Gasteiger partial charge on any atom is -0.497 e. The molecule has 0 N–H and O–H groups in total. The highest BCUT2D eigenvalue weighted by molar-refractivity contribution is 9.11. The van der Waals surface area contributed by atoms with E-state index in [4.69, 9.17) is 4.74 Å². The van der Waals surface area contributed by atoms with Crippen LogP contribution in [0.1, 0.15) is 16.0 Å². The van der Waals surface area contributed by atoms with Gasteiger partial charge in [0.25, 0.3) is 0 Å². The molecule has 3 rings (SSSR count). The van der Waals surface area contributed by atoms with Crippen LogP contribution in [0.15, 0.2) is 51.6 Å². The molecule has 0 fully saturated rings. The average molecular weight is 412 g/mol. The van der Waals surface area contributed by atoms with E-state index in [-0.39, 0.29) is 4.83 Å². The van der Waals surface area contributed by atoms with Gasteiger partial charge >= 0.3 is 0 Å². The molecule has 0 aliphatic carbocycles. The van der Waals surface area contributed by atoms with Crippen LogP contribution in [0.3, 0.4) is 0 Å². The Labute approximate surface area is 138 Å². The van der Waals surface area contributed by atoms with E-state index in [0.29, 0.717) is 0 Å². The Kier molecular flexibility index (Phi) is 4.15. The van der Waals surface area contributed by atoms with E-state index in [2.05, 4.69) is 73.6 Å². The number of benzene rings is 2. The zero-order valence-electron chi connectivity index (χ0n) is 10.8. The molecule has 1 aromatic heterocycles. The largest absolute Gasteiger partial charge is 0.497 e. The van der Waals surface area contributed by atoms with Crippen molar-refractivity contribution in [3.05, 3.63) is 62.8 Å². The van der Waals surface area contributed by atoms with Crippen LogP contribution < -0.4 is 4.74 Å². The number of hydrogen-bond acceptors (Lipinski definition) is 2. The molecule has 0 spiro atoms. The molecule has 0 aliphatic heterocycles. The van der Waals surface area contributed by atoms with Crippen molar-refractivity contribution >= 4 is 54.0 Å². The van der Waals surface area contributed by atoms with Gasteiger partial charge in [-0.1, -0.05) is 34.1 Å². The van der Waals surface area contributed by atoms with Crippen molar-refractivity contribution in [2.45, 2.75) is 4.83 Å². The van der Waals surface area contributed by atoms with Gasteiger partial charge < -0.3 is 4.74 Å². The lowest BCUT2D eigenvalue weighted by Gasteiger charge is -2.10. The van der Waals surface area contributed by atoms with Crippen LogP contribution in [0.4, 0.5) is 0 Å². The molecule has 0 amide bonds. The molecule has 1 nitrogen and oxygen atoms in total. The lowest BCUT2D eigenvalue weighted by atomic mass is 10.0. The van der Waals surface area contributed by atoms with Gasteiger partial charge in [0.05, 0.1) is 15.7 Å². The molecule has 0 saturated carbocycles. The van der Waals surface area contributed by atoms with E-state index in [0.717, 1.165) is 9.54 Å². The molecule has 2 aromatic carbocycles. The van der Waals surface area contributed by atoms with Gasteiger partial charge in [-0.3, -0.25) is 0 Å². The van der Waals surface area contributed by atoms with Crippen molar-refractivity contribution < 1.29 is 4.74 Å². The van der Waals surface area contributed by atoms with Crippen molar-refractivity contribution in [2.24, 2.45) is 0 Å². The standard InChI is InChI=1S/C16H12Br2OS/c1-19-14-5-4-10-6-12(3-2-11(10)7-14)16(18)13-8-15(17)20-9-13/h2-9,16H,1H3. The lowest BCUT2D eigenvalue weighted by molar-refractivity contribution is 0.415. The molecule has 20 heavy (non-hydrogen) atoms. The number of fused-ring (bicyclic) bond motifs is 1. The number of thiophene rings is 1. The molecular formula is C16H12Br2OS. The van der Waals surface area contributed by atoms with Crippen LogP contribution in [-0.2, 0) is 0 Å². The van der Waals surface area contributed by atoms with E-state index in [9.17, 15) is 0 Å². The monoisotopic (exact) mass is 410 g/mol. The van der Waals surface area contributed by atoms with Crippen molar-refractivity contribution in [3.63, 3.8) is 0 Å². The second-order valence-electron chi connectivity index (χ2n) is 4.52. The third kappa shape index (κ3) is 2.78. The fraction of sp³-hybridized carbons (Fsp3) is 0.125. The Balaban J connectivity index is 2.00. The van der Waals surface area contributed by atoms with E-state index >= 15 is 0 Å². The van der Waals surface area contributed by atoms with Crippen molar-refractivity contribution in [3.8, 4) is 5.75 Å². The van der Waals surface area contributed by atoms with E-state index in [1.165, 1.54) is 21.9 Å². The summed E-state index contributed by atoms with van der Waals surface area (Å²) >= 11 is 9.00. The summed E-state index contributed by atoms with van der Waals surface area (Å²) in [6, 6.07) is 14.8. The van der Waals surface area contributed by atoms with Crippen LogP contribution in [0.2, 0.25) is 0 Å². The van der Waals surface area contributed by atoms with Gasteiger partial charge in [-0.25, -0.2) is 0 Å². The van der Waals surface area contributed by atoms with Crippen molar-refractivity contribution in [1.82, 2.24) is 0 Å². The first-order valence-electron chi connectivity index (χ1n) is 6.13. The van der Waals surface area contributed by atoms with E-state index in [1.807, 2.05) is 6.07 Å². The number of rotatable bonds is 3. The van der Waals surface area contributed by atoms with Gasteiger partial charge in [0, 0.05) is 0 Å². The molecular weight excluding hydrogens is 400 g/mol. The summed E-state index contributed by atoms with van der Waals surface area (Å²) in [5, 5.41) is 4.59. The van der Waals surface area contributed by atoms with Crippen molar-refractivity contribution in [2.75, 3.05) is 7.11 Å². The van der Waals surface area contributed by atoms with E-state index in [1.54, 1.807) is 18.4 Å². The van der Waals surface area contributed by atoms with Crippen LogP contribution in [0.5, 0.6) is 5.75 Å². The number of hydrogen-bond donors (Lipinski definition) is 0. The molecule has 1 atom stereocenters. The summed E-state index contributed by atoms with van der Waals surface area (Å²) in [7, 11) is 1.69. The fourth-order valence-electron chi connectivity index (χ4n) is 2.18. The third-order valence-corrected chi connectivity index (χ3v) is 5.82. The van der Waals surface area contributed by atoms with Crippen LogP contribution >= 0.6 is 43.2 Å². The molecule has 0 radical (unpaired) electrons. The highest BCUT2D eigenvalue weighted by Gasteiger charge is 2.12. The summed E-state index contributed by atoms with van der Waals surface area (Å²) < 4.78 is 6.41. The maximum atomic E-state index is 5.26. The number of halogens is 2. The van der Waals surface area contributed by atoms with Gasteiger partial charge in [0.2, 0.25) is 0 Å². The summed E-state index contributed by atoms with van der Waals surface area (Å²) in [6.07, 6.45) is 0. The van der Waals surface area contributed by atoms with Crippen LogP contribution in [0.25, 0.3) is 10.8 Å². The molecule has 0 bridgehead atoms. The second kappa shape index (κ2) is 5.88. The Morgan fingerprint density at radius 3 is 2.45 bits per heavy atom. The number of methoxy groups -OCH3 is 1. The lowest BCUT2D eigenvalue weighted by Crippen LogP contribution is -1.91. The quantitative estimate of drug-likeness (QED) is 0.469.